The van der Waals surface area contributed by atoms with Gasteiger partial charge >= 0.3 is 5.97 Å². The fraction of sp³-hybridized carbons (Fsp3) is 0.636. The fourth-order valence-corrected chi connectivity index (χ4v) is 1.48. The lowest BCUT2D eigenvalue weighted by molar-refractivity contribution is -0.143. The molecule has 0 aromatic heterocycles. The molecular formula is C11H16O2. The summed E-state index contributed by atoms with van der Waals surface area (Å²) in [6, 6.07) is 0. The predicted molar refractivity (Wildman–Crippen MR) is 51.2 cm³/mol. The number of hydrogen-bond donors (Lipinski definition) is 0. The first-order valence-electron chi connectivity index (χ1n) is 4.83. The molecule has 0 saturated heterocycles. The zero-order chi connectivity index (χ0) is 9.52. The van der Waals surface area contributed by atoms with Crippen molar-refractivity contribution in [2.75, 3.05) is 7.11 Å². The summed E-state index contributed by atoms with van der Waals surface area (Å²) in [7, 11) is 1.44. The van der Waals surface area contributed by atoms with Crippen molar-refractivity contribution >= 4 is 5.97 Å². The van der Waals surface area contributed by atoms with E-state index in [1.807, 2.05) is 12.2 Å². The third kappa shape index (κ3) is 3.47. The van der Waals surface area contributed by atoms with Crippen LogP contribution in [-0.4, -0.2) is 13.1 Å². The van der Waals surface area contributed by atoms with E-state index >= 15 is 0 Å². The average Bonchev–Trinajstić information content (AvgIpc) is 2.29. The summed E-state index contributed by atoms with van der Waals surface area (Å²) < 4.78 is 4.70. The molecule has 0 bridgehead atoms. The minimum Gasteiger partial charge on any atom is -0.469 e. The van der Waals surface area contributed by atoms with Crippen molar-refractivity contribution in [1.82, 2.24) is 0 Å². The van der Waals surface area contributed by atoms with Gasteiger partial charge in [-0.3, -0.25) is 4.79 Å². The summed E-state index contributed by atoms with van der Waals surface area (Å²) in [5, 5.41) is 0. The Kier molecular flexibility index (Phi) is 4.34. The van der Waals surface area contributed by atoms with Crippen LogP contribution in [0.4, 0.5) is 0 Å². The molecule has 2 heteroatoms. The number of ether oxygens (including phenoxy) is 1. The second-order valence-corrected chi connectivity index (χ2v) is 3.31. The molecule has 1 unspecified atom stereocenters. The first-order chi connectivity index (χ1) is 6.34. The third-order valence-electron chi connectivity index (χ3n) is 2.28. The highest BCUT2D eigenvalue weighted by molar-refractivity contribution is 5.74. The van der Waals surface area contributed by atoms with E-state index in [9.17, 15) is 4.79 Å². The molecular weight excluding hydrogens is 164 g/mol. The van der Waals surface area contributed by atoms with E-state index in [2.05, 4.69) is 5.73 Å². The van der Waals surface area contributed by atoms with Gasteiger partial charge in [-0.25, -0.2) is 0 Å². The fourth-order valence-electron chi connectivity index (χ4n) is 1.48. The van der Waals surface area contributed by atoms with E-state index in [0.29, 0.717) is 0 Å². The van der Waals surface area contributed by atoms with Gasteiger partial charge in [-0.05, 0) is 31.4 Å². The number of hydrogen-bond acceptors (Lipinski definition) is 2. The van der Waals surface area contributed by atoms with E-state index in [0.717, 1.165) is 19.3 Å². The van der Waals surface area contributed by atoms with Crippen LogP contribution < -0.4 is 0 Å². The Morgan fingerprint density at radius 2 is 2.31 bits per heavy atom. The smallest absolute Gasteiger partial charge is 0.313 e. The molecule has 0 heterocycles. The van der Waals surface area contributed by atoms with Gasteiger partial charge in [0.2, 0.25) is 0 Å². The van der Waals surface area contributed by atoms with Crippen molar-refractivity contribution in [3.63, 3.8) is 0 Å². The van der Waals surface area contributed by atoms with Crippen molar-refractivity contribution in [3.8, 4) is 0 Å². The minimum absolute atomic E-state index is 0.0839. The first kappa shape index (κ1) is 10.1. The molecule has 72 valence electrons. The Bertz CT molecular complexity index is 224. The van der Waals surface area contributed by atoms with Crippen LogP contribution in [0.3, 0.4) is 0 Å². The number of methoxy groups -OCH3 is 1. The van der Waals surface area contributed by atoms with Gasteiger partial charge < -0.3 is 4.74 Å². The zero-order valence-electron chi connectivity index (χ0n) is 8.08. The summed E-state index contributed by atoms with van der Waals surface area (Å²) in [6.07, 6.45) is 9.30. The van der Waals surface area contributed by atoms with Crippen LogP contribution in [0, 0.1) is 5.92 Å². The van der Waals surface area contributed by atoms with Gasteiger partial charge in [0.05, 0.1) is 13.0 Å². The highest BCUT2D eigenvalue weighted by Crippen LogP contribution is 2.15. The van der Waals surface area contributed by atoms with Gasteiger partial charge in [-0.2, -0.15) is 0 Å². The Morgan fingerprint density at radius 3 is 3.08 bits per heavy atom. The normalized spacial score (nSPS) is 23.0. The van der Waals surface area contributed by atoms with Crippen molar-refractivity contribution < 1.29 is 9.53 Å². The summed E-state index contributed by atoms with van der Waals surface area (Å²) in [4.78, 5) is 11.2. The van der Waals surface area contributed by atoms with E-state index in [1.54, 1.807) is 0 Å². The molecule has 0 fully saturated rings. The van der Waals surface area contributed by atoms with Crippen molar-refractivity contribution in [2.24, 2.45) is 5.92 Å². The Morgan fingerprint density at radius 1 is 1.46 bits per heavy atom. The molecule has 0 radical (unpaired) electrons. The first-order valence-corrected chi connectivity index (χ1v) is 4.83. The van der Waals surface area contributed by atoms with Crippen LogP contribution in [0.2, 0.25) is 0 Å². The number of rotatable bonds is 1. The molecule has 0 N–H and O–H groups in total. The standard InChI is InChI=1S/C11H16O2/c1-13-11(12)10-8-6-4-2-3-5-7-9-10/h4,8,10H,2-3,5,7,9H2,1H3. The Labute approximate surface area is 79.3 Å². The summed E-state index contributed by atoms with van der Waals surface area (Å²) in [5.41, 5.74) is 3.04. The topological polar surface area (TPSA) is 26.3 Å². The van der Waals surface area contributed by atoms with Gasteiger partial charge in [-0.1, -0.05) is 12.8 Å². The monoisotopic (exact) mass is 180 g/mol. The maximum atomic E-state index is 11.2. The molecule has 0 spiro atoms. The predicted octanol–water partition coefficient (Wildman–Crippen LogP) is 2.45. The maximum absolute atomic E-state index is 11.2. The van der Waals surface area contributed by atoms with E-state index < -0.39 is 0 Å². The van der Waals surface area contributed by atoms with Crippen molar-refractivity contribution in [2.45, 2.75) is 32.1 Å². The van der Waals surface area contributed by atoms with E-state index in [1.165, 1.54) is 20.0 Å². The van der Waals surface area contributed by atoms with Gasteiger partial charge in [0.25, 0.3) is 0 Å². The summed E-state index contributed by atoms with van der Waals surface area (Å²) >= 11 is 0. The Balaban J connectivity index is 2.59. The van der Waals surface area contributed by atoms with Crippen molar-refractivity contribution in [1.29, 1.82) is 0 Å². The van der Waals surface area contributed by atoms with Crippen LogP contribution >= 0.6 is 0 Å². The highest BCUT2D eigenvalue weighted by Gasteiger charge is 2.15. The minimum atomic E-state index is -0.136. The molecule has 0 aliphatic heterocycles. The zero-order valence-corrected chi connectivity index (χ0v) is 8.08. The highest BCUT2D eigenvalue weighted by atomic mass is 16.5. The van der Waals surface area contributed by atoms with E-state index in [4.69, 9.17) is 4.74 Å². The van der Waals surface area contributed by atoms with Crippen LogP contribution in [0.5, 0.6) is 0 Å². The largest absolute Gasteiger partial charge is 0.469 e. The molecule has 0 amide bonds. The molecule has 0 aromatic rings. The third-order valence-corrected chi connectivity index (χ3v) is 2.28. The van der Waals surface area contributed by atoms with Gasteiger partial charge in [0.1, 0.15) is 0 Å². The Hall–Kier alpha value is -1.01. The van der Waals surface area contributed by atoms with Crippen LogP contribution in [0.15, 0.2) is 17.9 Å². The lowest BCUT2D eigenvalue weighted by Gasteiger charge is -2.07. The van der Waals surface area contributed by atoms with Crippen LogP contribution in [-0.2, 0) is 9.53 Å². The van der Waals surface area contributed by atoms with Gasteiger partial charge in [-0.15, -0.1) is 5.73 Å². The molecule has 1 aliphatic rings. The second-order valence-electron chi connectivity index (χ2n) is 3.31. The van der Waals surface area contributed by atoms with Crippen molar-refractivity contribution in [3.05, 3.63) is 17.9 Å². The lowest BCUT2D eigenvalue weighted by Crippen LogP contribution is -2.13. The van der Waals surface area contributed by atoms with Gasteiger partial charge in [0.15, 0.2) is 0 Å². The van der Waals surface area contributed by atoms with Crippen LogP contribution in [0.25, 0.3) is 0 Å². The molecule has 1 rings (SSSR count). The number of carbonyl (C=O) groups excluding carboxylic acids is 1. The second kappa shape index (κ2) is 5.60. The maximum Gasteiger partial charge on any atom is 0.313 e. The summed E-state index contributed by atoms with van der Waals surface area (Å²) in [5.74, 6) is -0.220. The summed E-state index contributed by atoms with van der Waals surface area (Å²) in [6.45, 7) is 0. The molecule has 2 nitrogen and oxygen atoms in total. The quantitative estimate of drug-likeness (QED) is 0.457. The lowest BCUT2D eigenvalue weighted by atomic mass is 10.0. The molecule has 1 aliphatic carbocycles. The molecule has 1 atom stereocenters. The average molecular weight is 180 g/mol. The number of carbonyl (C=O) groups is 1. The molecule has 0 saturated carbocycles. The molecule has 0 aromatic carbocycles. The number of esters is 1. The van der Waals surface area contributed by atoms with Gasteiger partial charge in [0, 0.05) is 0 Å². The SMILES string of the molecule is COC(=O)C1C=C=CCCCCC1. The van der Waals surface area contributed by atoms with E-state index in [-0.39, 0.29) is 11.9 Å². The van der Waals surface area contributed by atoms with Crippen LogP contribution in [0.1, 0.15) is 32.1 Å². The molecule has 13 heavy (non-hydrogen) atoms.